The molecule has 0 aliphatic heterocycles. The zero-order valence-corrected chi connectivity index (χ0v) is 41.1. The van der Waals surface area contributed by atoms with E-state index in [1.165, 1.54) is 186 Å². The Morgan fingerprint density at radius 1 is 0.350 bits per heavy atom. The van der Waals surface area contributed by atoms with Crippen molar-refractivity contribution in [3.8, 4) is 0 Å². The van der Waals surface area contributed by atoms with Crippen LogP contribution in [0.4, 0.5) is 0 Å². The van der Waals surface area contributed by atoms with Crippen LogP contribution in [0, 0.1) is 11.8 Å². The van der Waals surface area contributed by atoms with Gasteiger partial charge in [0.05, 0.1) is 0 Å². The predicted octanol–water partition coefficient (Wildman–Crippen LogP) is 17.3. The van der Waals surface area contributed by atoms with Gasteiger partial charge in [-0.05, 0) is 31.1 Å². The summed E-state index contributed by atoms with van der Waals surface area (Å²) in [5.74, 6) is 0.822. The van der Waals surface area contributed by atoms with Crippen molar-refractivity contribution in [2.45, 2.75) is 304 Å². The minimum absolute atomic E-state index is 0.0642. The minimum atomic E-state index is -0.762. The molecule has 60 heavy (non-hydrogen) atoms. The maximum absolute atomic E-state index is 12.8. The van der Waals surface area contributed by atoms with E-state index in [1.807, 2.05) is 0 Å². The SMILES string of the molecule is CCCCCCCCCCCCCC(=O)OC[C@@H](COC(=O)CCCCCCCCC(C)CC)OC(=O)CCCCCCCCCCCCCCCCCCCCC(C)C. The summed E-state index contributed by atoms with van der Waals surface area (Å²) in [6.45, 7) is 11.4. The first-order chi connectivity index (χ1) is 29.3. The summed E-state index contributed by atoms with van der Waals surface area (Å²) in [7, 11) is 0. The van der Waals surface area contributed by atoms with Crippen LogP contribution in [-0.4, -0.2) is 37.2 Å². The summed E-state index contributed by atoms with van der Waals surface area (Å²) < 4.78 is 16.8. The van der Waals surface area contributed by atoms with Crippen LogP contribution in [-0.2, 0) is 28.6 Å². The van der Waals surface area contributed by atoms with Crippen molar-refractivity contribution in [1.29, 1.82) is 0 Å². The first-order valence-electron chi connectivity index (χ1n) is 26.8. The first kappa shape index (κ1) is 58.4. The van der Waals surface area contributed by atoms with E-state index in [9.17, 15) is 14.4 Å². The van der Waals surface area contributed by atoms with Crippen LogP contribution in [0.2, 0.25) is 0 Å². The smallest absolute Gasteiger partial charge is 0.306 e. The lowest BCUT2D eigenvalue weighted by atomic mass is 10.00. The molecule has 6 heteroatoms. The number of rotatable bonds is 48. The van der Waals surface area contributed by atoms with Crippen molar-refractivity contribution in [2.75, 3.05) is 13.2 Å². The van der Waals surface area contributed by atoms with E-state index in [1.54, 1.807) is 0 Å². The summed E-state index contributed by atoms with van der Waals surface area (Å²) in [4.78, 5) is 37.9. The van der Waals surface area contributed by atoms with E-state index in [4.69, 9.17) is 14.2 Å². The Kier molecular flexibility index (Phi) is 45.7. The zero-order valence-electron chi connectivity index (χ0n) is 41.1. The number of hydrogen-bond donors (Lipinski definition) is 0. The Balaban J connectivity index is 4.21. The lowest BCUT2D eigenvalue weighted by molar-refractivity contribution is -0.167. The van der Waals surface area contributed by atoms with E-state index in [-0.39, 0.29) is 31.1 Å². The van der Waals surface area contributed by atoms with Gasteiger partial charge in [0.1, 0.15) is 13.2 Å². The summed E-state index contributed by atoms with van der Waals surface area (Å²) in [6, 6.07) is 0. The van der Waals surface area contributed by atoms with Crippen LogP contribution in [0.25, 0.3) is 0 Å². The van der Waals surface area contributed by atoms with Crippen LogP contribution >= 0.6 is 0 Å². The monoisotopic (exact) mass is 849 g/mol. The molecule has 0 fully saturated rings. The molecule has 0 heterocycles. The first-order valence-corrected chi connectivity index (χ1v) is 26.8. The number of ether oxygens (including phenoxy) is 3. The quantitative estimate of drug-likeness (QED) is 0.0345. The predicted molar refractivity (Wildman–Crippen MR) is 256 cm³/mol. The molecule has 0 aliphatic rings. The highest BCUT2D eigenvalue weighted by Crippen LogP contribution is 2.18. The van der Waals surface area contributed by atoms with Crippen LogP contribution in [0.15, 0.2) is 0 Å². The Labute approximate surface area is 374 Å². The van der Waals surface area contributed by atoms with Crippen molar-refractivity contribution >= 4 is 17.9 Å². The average Bonchev–Trinajstić information content (AvgIpc) is 3.23. The van der Waals surface area contributed by atoms with Crippen LogP contribution in [0.1, 0.15) is 298 Å². The molecule has 0 amide bonds. The van der Waals surface area contributed by atoms with E-state index in [0.29, 0.717) is 19.3 Å². The largest absolute Gasteiger partial charge is 0.462 e. The van der Waals surface area contributed by atoms with E-state index in [0.717, 1.165) is 69.6 Å². The molecule has 0 aliphatic carbocycles. The molecule has 2 atom stereocenters. The van der Waals surface area contributed by atoms with Gasteiger partial charge in [-0.1, -0.05) is 259 Å². The standard InChI is InChI=1S/C54H104O6/c1-6-8-9-10-11-12-21-25-28-34-39-44-52(55)58-47-51(48-59-53(56)45-40-35-31-30-33-38-43-50(5)7-2)60-54(57)46-41-36-29-26-23-20-18-16-14-13-15-17-19-22-24-27-32-37-42-49(3)4/h49-51H,6-48H2,1-5H3/t50?,51-/m0/s1. The number of hydrogen-bond acceptors (Lipinski definition) is 6. The van der Waals surface area contributed by atoms with Gasteiger partial charge >= 0.3 is 17.9 Å². The molecule has 0 aromatic heterocycles. The van der Waals surface area contributed by atoms with Gasteiger partial charge in [0.15, 0.2) is 6.10 Å². The van der Waals surface area contributed by atoms with E-state index >= 15 is 0 Å². The minimum Gasteiger partial charge on any atom is -0.462 e. The molecule has 0 aromatic carbocycles. The summed E-state index contributed by atoms with van der Waals surface area (Å²) in [5, 5.41) is 0. The van der Waals surface area contributed by atoms with Crippen molar-refractivity contribution in [3.05, 3.63) is 0 Å². The van der Waals surface area contributed by atoms with Gasteiger partial charge in [-0.2, -0.15) is 0 Å². The summed E-state index contributed by atoms with van der Waals surface area (Å²) in [6.07, 6.45) is 48.1. The van der Waals surface area contributed by atoms with Gasteiger partial charge in [-0.25, -0.2) is 0 Å². The van der Waals surface area contributed by atoms with Crippen LogP contribution in [0.5, 0.6) is 0 Å². The molecule has 0 bridgehead atoms. The topological polar surface area (TPSA) is 78.9 Å². The molecule has 0 N–H and O–H groups in total. The Morgan fingerprint density at radius 2 is 0.633 bits per heavy atom. The number of unbranched alkanes of at least 4 members (excludes halogenated alkanes) is 32. The molecular weight excluding hydrogens is 745 g/mol. The highest BCUT2D eigenvalue weighted by atomic mass is 16.6. The number of carbonyl (C=O) groups is 3. The van der Waals surface area contributed by atoms with Gasteiger partial charge in [0.25, 0.3) is 0 Å². The second-order valence-electron chi connectivity index (χ2n) is 19.2. The van der Waals surface area contributed by atoms with Gasteiger partial charge in [-0.3, -0.25) is 14.4 Å². The maximum Gasteiger partial charge on any atom is 0.306 e. The van der Waals surface area contributed by atoms with Crippen LogP contribution in [0.3, 0.4) is 0 Å². The molecule has 0 saturated heterocycles. The fraction of sp³-hybridized carbons (Fsp3) is 0.944. The zero-order chi connectivity index (χ0) is 44.0. The second-order valence-corrected chi connectivity index (χ2v) is 19.2. The number of carbonyl (C=O) groups excluding carboxylic acids is 3. The third-order valence-corrected chi connectivity index (χ3v) is 12.6. The normalized spacial score (nSPS) is 12.5. The lowest BCUT2D eigenvalue weighted by Crippen LogP contribution is -2.30. The lowest BCUT2D eigenvalue weighted by Gasteiger charge is -2.18. The summed E-state index contributed by atoms with van der Waals surface area (Å²) >= 11 is 0. The van der Waals surface area contributed by atoms with Crippen LogP contribution < -0.4 is 0 Å². The van der Waals surface area contributed by atoms with Gasteiger partial charge in [0.2, 0.25) is 0 Å². The Hall–Kier alpha value is -1.59. The third kappa shape index (κ3) is 45.9. The van der Waals surface area contributed by atoms with Crippen molar-refractivity contribution in [1.82, 2.24) is 0 Å². The van der Waals surface area contributed by atoms with E-state index in [2.05, 4.69) is 34.6 Å². The average molecular weight is 849 g/mol. The van der Waals surface area contributed by atoms with Gasteiger partial charge in [-0.15, -0.1) is 0 Å². The van der Waals surface area contributed by atoms with Gasteiger partial charge in [0, 0.05) is 19.3 Å². The fourth-order valence-corrected chi connectivity index (χ4v) is 8.13. The third-order valence-electron chi connectivity index (χ3n) is 12.6. The molecule has 0 radical (unpaired) electrons. The molecule has 0 rings (SSSR count). The van der Waals surface area contributed by atoms with E-state index < -0.39 is 6.10 Å². The molecule has 6 nitrogen and oxygen atoms in total. The molecule has 0 aromatic rings. The van der Waals surface area contributed by atoms with Crippen molar-refractivity contribution in [2.24, 2.45) is 11.8 Å². The van der Waals surface area contributed by atoms with Crippen molar-refractivity contribution in [3.63, 3.8) is 0 Å². The Morgan fingerprint density at radius 3 is 0.950 bits per heavy atom. The van der Waals surface area contributed by atoms with Gasteiger partial charge < -0.3 is 14.2 Å². The molecule has 1 unspecified atom stereocenters. The highest BCUT2D eigenvalue weighted by Gasteiger charge is 2.19. The Bertz CT molecular complexity index is 918. The second kappa shape index (κ2) is 46.9. The maximum atomic E-state index is 12.8. The molecule has 0 spiro atoms. The fourth-order valence-electron chi connectivity index (χ4n) is 8.13. The highest BCUT2D eigenvalue weighted by molar-refractivity contribution is 5.71. The summed E-state index contributed by atoms with van der Waals surface area (Å²) in [5.41, 5.74) is 0. The molecule has 0 saturated carbocycles. The number of esters is 3. The van der Waals surface area contributed by atoms with Crippen molar-refractivity contribution < 1.29 is 28.6 Å². The molecular formula is C54H104O6. The molecule has 356 valence electrons.